The van der Waals surface area contributed by atoms with E-state index in [0.29, 0.717) is 0 Å². The molecule has 2 aromatic rings. The molecule has 0 amide bonds. The molecular weight excluding hydrogens is 266 g/mol. The molecular formula is C17H21NOS. The number of β-amino-alcohol motifs (C(OH)–C–C–N with tert-alkyl or cyclic N) is 1. The summed E-state index contributed by atoms with van der Waals surface area (Å²) in [4.78, 5) is 3.64. The summed E-state index contributed by atoms with van der Waals surface area (Å²) in [6.07, 6.45) is 1.92. The Morgan fingerprint density at radius 2 is 2.10 bits per heavy atom. The summed E-state index contributed by atoms with van der Waals surface area (Å²) >= 11 is 1.72. The van der Waals surface area contributed by atoms with Crippen molar-refractivity contribution >= 4 is 11.3 Å². The minimum Gasteiger partial charge on any atom is -0.384 e. The Labute approximate surface area is 124 Å². The Bertz CT molecular complexity index is 565. The largest absolute Gasteiger partial charge is 0.384 e. The van der Waals surface area contributed by atoms with Gasteiger partial charge >= 0.3 is 0 Å². The molecule has 1 aliphatic heterocycles. The number of benzene rings is 1. The first-order chi connectivity index (χ1) is 9.66. The Morgan fingerprint density at radius 1 is 1.30 bits per heavy atom. The van der Waals surface area contributed by atoms with Gasteiger partial charge in [0.2, 0.25) is 0 Å². The highest BCUT2D eigenvalue weighted by Gasteiger charge is 2.35. The first-order valence-corrected chi connectivity index (χ1v) is 8.08. The summed E-state index contributed by atoms with van der Waals surface area (Å²) < 4.78 is 0. The third kappa shape index (κ3) is 2.95. The van der Waals surface area contributed by atoms with E-state index in [2.05, 4.69) is 47.5 Å². The molecule has 0 bridgehead atoms. The number of hydrogen-bond donors (Lipinski definition) is 1. The Balaban J connectivity index is 1.73. The summed E-state index contributed by atoms with van der Waals surface area (Å²) in [7, 11) is 0. The number of nitrogens with zero attached hydrogens (tertiary/aromatic N) is 1. The van der Waals surface area contributed by atoms with Gasteiger partial charge in [-0.05, 0) is 48.9 Å². The van der Waals surface area contributed by atoms with E-state index in [1.165, 1.54) is 10.4 Å². The fourth-order valence-corrected chi connectivity index (χ4v) is 3.82. The molecule has 1 atom stereocenters. The van der Waals surface area contributed by atoms with Crippen LogP contribution in [0, 0.1) is 6.92 Å². The van der Waals surface area contributed by atoms with Gasteiger partial charge < -0.3 is 5.11 Å². The predicted molar refractivity (Wildman–Crippen MR) is 83.9 cm³/mol. The lowest BCUT2D eigenvalue weighted by atomic mass is 9.87. The SMILES string of the molecule is Cc1cc(C2(O)CCCN(Cc3ccccc3)C2)cs1. The van der Waals surface area contributed by atoms with Crippen molar-refractivity contribution in [3.05, 3.63) is 57.8 Å². The minimum absolute atomic E-state index is 0.669. The number of aliphatic hydroxyl groups is 1. The molecule has 1 aromatic heterocycles. The van der Waals surface area contributed by atoms with Gasteiger partial charge in [-0.25, -0.2) is 0 Å². The van der Waals surface area contributed by atoms with Crippen LogP contribution >= 0.6 is 11.3 Å². The number of piperidine rings is 1. The molecule has 2 heterocycles. The van der Waals surface area contributed by atoms with Crippen LogP contribution in [-0.2, 0) is 12.1 Å². The van der Waals surface area contributed by atoms with Crippen LogP contribution in [0.5, 0.6) is 0 Å². The molecule has 1 unspecified atom stereocenters. The van der Waals surface area contributed by atoms with Crippen molar-refractivity contribution in [3.63, 3.8) is 0 Å². The lowest BCUT2D eigenvalue weighted by Gasteiger charge is -2.39. The molecule has 0 radical (unpaired) electrons. The van der Waals surface area contributed by atoms with Crippen molar-refractivity contribution in [2.45, 2.75) is 31.9 Å². The van der Waals surface area contributed by atoms with E-state index in [4.69, 9.17) is 0 Å². The quantitative estimate of drug-likeness (QED) is 0.933. The molecule has 3 heteroatoms. The summed E-state index contributed by atoms with van der Waals surface area (Å²) in [6, 6.07) is 12.6. The summed E-state index contributed by atoms with van der Waals surface area (Å²) in [5.74, 6) is 0. The van der Waals surface area contributed by atoms with Gasteiger partial charge in [0, 0.05) is 18.0 Å². The van der Waals surface area contributed by atoms with Crippen molar-refractivity contribution in [2.75, 3.05) is 13.1 Å². The minimum atomic E-state index is -0.669. The second-order valence-corrected chi connectivity index (χ2v) is 6.89. The monoisotopic (exact) mass is 287 g/mol. The van der Waals surface area contributed by atoms with E-state index in [-0.39, 0.29) is 0 Å². The lowest BCUT2D eigenvalue weighted by molar-refractivity contribution is -0.0378. The van der Waals surface area contributed by atoms with Crippen molar-refractivity contribution < 1.29 is 5.11 Å². The average molecular weight is 287 g/mol. The van der Waals surface area contributed by atoms with Gasteiger partial charge in [-0.15, -0.1) is 11.3 Å². The van der Waals surface area contributed by atoms with Gasteiger partial charge in [0.1, 0.15) is 5.60 Å². The lowest BCUT2D eigenvalue weighted by Crippen LogP contribution is -2.45. The highest BCUT2D eigenvalue weighted by Crippen LogP contribution is 2.34. The van der Waals surface area contributed by atoms with Crippen molar-refractivity contribution in [3.8, 4) is 0 Å². The molecule has 2 nitrogen and oxygen atoms in total. The van der Waals surface area contributed by atoms with Gasteiger partial charge in [0.15, 0.2) is 0 Å². The highest BCUT2D eigenvalue weighted by atomic mass is 32.1. The Hall–Kier alpha value is -1.16. The first kappa shape index (κ1) is 13.8. The molecule has 1 aromatic carbocycles. The maximum Gasteiger partial charge on any atom is 0.103 e. The molecule has 1 fully saturated rings. The van der Waals surface area contributed by atoms with Crippen LogP contribution in [0.4, 0.5) is 0 Å². The van der Waals surface area contributed by atoms with Gasteiger partial charge in [-0.2, -0.15) is 0 Å². The third-order valence-corrected chi connectivity index (χ3v) is 4.93. The van der Waals surface area contributed by atoms with Gasteiger partial charge in [0.05, 0.1) is 0 Å². The summed E-state index contributed by atoms with van der Waals surface area (Å²) in [5, 5.41) is 13.1. The van der Waals surface area contributed by atoms with E-state index in [0.717, 1.165) is 38.0 Å². The van der Waals surface area contributed by atoms with Crippen LogP contribution < -0.4 is 0 Å². The molecule has 1 aliphatic rings. The van der Waals surface area contributed by atoms with Crippen LogP contribution in [0.25, 0.3) is 0 Å². The summed E-state index contributed by atoms with van der Waals surface area (Å²) in [6.45, 7) is 4.83. The zero-order valence-corrected chi connectivity index (χ0v) is 12.7. The zero-order chi connectivity index (χ0) is 14.0. The zero-order valence-electron chi connectivity index (χ0n) is 11.9. The smallest absolute Gasteiger partial charge is 0.103 e. The van der Waals surface area contributed by atoms with E-state index in [1.807, 2.05) is 6.07 Å². The van der Waals surface area contributed by atoms with Crippen LogP contribution in [0.1, 0.15) is 28.8 Å². The highest BCUT2D eigenvalue weighted by molar-refractivity contribution is 7.10. The normalized spacial score (nSPS) is 23.9. The van der Waals surface area contributed by atoms with Crippen LogP contribution in [0.15, 0.2) is 41.8 Å². The van der Waals surface area contributed by atoms with Crippen molar-refractivity contribution in [1.82, 2.24) is 4.90 Å². The molecule has 0 spiro atoms. The van der Waals surface area contributed by atoms with Crippen LogP contribution in [-0.4, -0.2) is 23.1 Å². The van der Waals surface area contributed by atoms with E-state index in [1.54, 1.807) is 11.3 Å². The molecule has 0 aliphatic carbocycles. The number of aryl methyl sites for hydroxylation is 1. The fraction of sp³-hybridized carbons (Fsp3) is 0.412. The maximum absolute atomic E-state index is 11.0. The Morgan fingerprint density at radius 3 is 2.80 bits per heavy atom. The van der Waals surface area contributed by atoms with Gasteiger partial charge in [-0.1, -0.05) is 30.3 Å². The number of likely N-dealkylation sites (tertiary alicyclic amines) is 1. The molecule has 3 rings (SSSR count). The van der Waals surface area contributed by atoms with Crippen LogP contribution in [0.2, 0.25) is 0 Å². The topological polar surface area (TPSA) is 23.5 Å². The molecule has 106 valence electrons. The fourth-order valence-electron chi connectivity index (χ4n) is 3.02. The third-order valence-electron chi connectivity index (χ3n) is 4.07. The molecule has 0 saturated carbocycles. The maximum atomic E-state index is 11.0. The van der Waals surface area contributed by atoms with Gasteiger partial charge in [0.25, 0.3) is 0 Å². The Kier molecular flexibility index (Phi) is 3.92. The number of hydrogen-bond acceptors (Lipinski definition) is 3. The van der Waals surface area contributed by atoms with Crippen molar-refractivity contribution in [2.24, 2.45) is 0 Å². The second-order valence-electron chi connectivity index (χ2n) is 5.78. The summed E-state index contributed by atoms with van der Waals surface area (Å²) in [5.41, 5.74) is 1.74. The first-order valence-electron chi connectivity index (χ1n) is 7.20. The predicted octanol–water partition coefficient (Wildman–Crippen LogP) is 3.54. The van der Waals surface area contributed by atoms with Gasteiger partial charge in [-0.3, -0.25) is 4.90 Å². The van der Waals surface area contributed by atoms with Crippen LogP contribution in [0.3, 0.4) is 0 Å². The van der Waals surface area contributed by atoms with Crippen molar-refractivity contribution in [1.29, 1.82) is 0 Å². The molecule has 1 saturated heterocycles. The number of rotatable bonds is 3. The second kappa shape index (κ2) is 5.68. The molecule has 20 heavy (non-hydrogen) atoms. The van der Waals surface area contributed by atoms with E-state index < -0.39 is 5.60 Å². The standard InChI is InChI=1S/C17H21NOS/c1-14-10-16(12-20-14)17(19)8-5-9-18(13-17)11-15-6-3-2-4-7-15/h2-4,6-7,10,12,19H,5,8-9,11,13H2,1H3. The van der Waals surface area contributed by atoms with E-state index in [9.17, 15) is 5.11 Å². The van der Waals surface area contributed by atoms with E-state index >= 15 is 0 Å². The molecule has 1 N–H and O–H groups in total. The average Bonchev–Trinajstić information content (AvgIpc) is 2.88. The number of thiophene rings is 1.